The minimum atomic E-state index is 0.286. The third-order valence-corrected chi connectivity index (χ3v) is 5.13. The highest BCUT2D eigenvalue weighted by Crippen LogP contribution is 2.33. The topological polar surface area (TPSA) is 37.8 Å². The fraction of sp³-hybridized carbons (Fsp3) is 0.500. The van der Waals surface area contributed by atoms with Crippen molar-refractivity contribution in [1.82, 2.24) is 15.5 Å². The SMILES string of the molecule is CCNC(C)c1nnc(-c2cc(C)c(C)s2)s1. The maximum atomic E-state index is 4.28. The summed E-state index contributed by atoms with van der Waals surface area (Å²) in [6.45, 7) is 9.46. The van der Waals surface area contributed by atoms with Gasteiger partial charge in [0.05, 0.1) is 10.9 Å². The fourth-order valence-corrected chi connectivity index (χ4v) is 3.53. The van der Waals surface area contributed by atoms with Crippen molar-refractivity contribution < 1.29 is 0 Å². The molecule has 0 amide bonds. The molecule has 0 bridgehead atoms. The molecule has 1 N–H and O–H groups in total. The Morgan fingerprint density at radius 2 is 2.06 bits per heavy atom. The molecule has 2 aromatic rings. The molecule has 0 saturated heterocycles. The molecule has 2 aromatic heterocycles. The lowest BCUT2D eigenvalue weighted by Crippen LogP contribution is -2.17. The number of aryl methyl sites for hydroxylation is 2. The van der Waals surface area contributed by atoms with E-state index >= 15 is 0 Å². The molecule has 2 heterocycles. The van der Waals surface area contributed by atoms with Crippen molar-refractivity contribution in [2.75, 3.05) is 6.54 Å². The standard InChI is InChI=1S/C12H17N3S2/c1-5-13-8(3)11-14-15-12(17-11)10-6-7(2)9(4)16-10/h6,8,13H,5H2,1-4H3. The van der Waals surface area contributed by atoms with Gasteiger partial charge in [-0.3, -0.25) is 0 Å². The summed E-state index contributed by atoms with van der Waals surface area (Å²) in [6, 6.07) is 2.48. The van der Waals surface area contributed by atoms with Gasteiger partial charge in [-0.2, -0.15) is 0 Å². The second-order valence-electron chi connectivity index (χ2n) is 4.07. The zero-order valence-corrected chi connectivity index (χ0v) is 12.2. The highest BCUT2D eigenvalue weighted by Gasteiger charge is 2.13. The van der Waals surface area contributed by atoms with Crippen LogP contribution in [0.4, 0.5) is 0 Å². The Labute approximate surface area is 110 Å². The van der Waals surface area contributed by atoms with E-state index in [0.717, 1.165) is 16.6 Å². The van der Waals surface area contributed by atoms with E-state index < -0.39 is 0 Å². The summed E-state index contributed by atoms with van der Waals surface area (Å²) in [5.41, 5.74) is 1.33. The van der Waals surface area contributed by atoms with Gasteiger partial charge in [-0.25, -0.2) is 0 Å². The Morgan fingerprint density at radius 1 is 1.29 bits per heavy atom. The van der Waals surface area contributed by atoms with E-state index in [1.54, 1.807) is 22.7 Å². The van der Waals surface area contributed by atoms with Crippen LogP contribution in [0.3, 0.4) is 0 Å². The summed E-state index contributed by atoms with van der Waals surface area (Å²) < 4.78 is 0. The Balaban J connectivity index is 2.23. The van der Waals surface area contributed by atoms with Gasteiger partial charge in [-0.05, 0) is 38.9 Å². The molecular formula is C12H17N3S2. The van der Waals surface area contributed by atoms with Gasteiger partial charge in [0.25, 0.3) is 0 Å². The number of hydrogen-bond acceptors (Lipinski definition) is 5. The molecule has 0 aromatic carbocycles. The Bertz CT molecular complexity index is 482. The minimum absolute atomic E-state index is 0.286. The predicted octanol–water partition coefficient (Wildman–Crippen LogP) is 3.55. The normalized spacial score (nSPS) is 12.9. The van der Waals surface area contributed by atoms with Crippen LogP contribution in [0.5, 0.6) is 0 Å². The van der Waals surface area contributed by atoms with Gasteiger partial charge >= 0.3 is 0 Å². The quantitative estimate of drug-likeness (QED) is 0.920. The van der Waals surface area contributed by atoms with E-state index in [0.29, 0.717) is 0 Å². The molecule has 1 unspecified atom stereocenters. The largest absolute Gasteiger partial charge is 0.308 e. The molecule has 0 aliphatic rings. The first-order valence-electron chi connectivity index (χ1n) is 5.76. The molecule has 2 rings (SSSR count). The van der Waals surface area contributed by atoms with Crippen LogP contribution in [0.15, 0.2) is 6.07 Å². The summed E-state index contributed by atoms with van der Waals surface area (Å²) in [5.74, 6) is 0. The number of aromatic nitrogens is 2. The first kappa shape index (κ1) is 12.7. The first-order valence-corrected chi connectivity index (χ1v) is 7.39. The third kappa shape index (κ3) is 2.73. The minimum Gasteiger partial charge on any atom is -0.308 e. The molecular weight excluding hydrogens is 250 g/mol. The molecule has 0 aliphatic heterocycles. The molecule has 0 spiro atoms. The Morgan fingerprint density at radius 3 is 2.65 bits per heavy atom. The second kappa shape index (κ2) is 5.25. The predicted molar refractivity (Wildman–Crippen MR) is 74.8 cm³/mol. The van der Waals surface area contributed by atoms with Gasteiger partial charge in [0, 0.05) is 4.88 Å². The lowest BCUT2D eigenvalue weighted by atomic mass is 10.3. The van der Waals surface area contributed by atoms with Crippen LogP contribution in [-0.4, -0.2) is 16.7 Å². The lowest BCUT2D eigenvalue weighted by molar-refractivity contribution is 0.590. The summed E-state index contributed by atoms with van der Waals surface area (Å²) in [4.78, 5) is 2.59. The highest BCUT2D eigenvalue weighted by molar-refractivity contribution is 7.21. The van der Waals surface area contributed by atoms with Crippen LogP contribution in [0.2, 0.25) is 0 Å². The van der Waals surface area contributed by atoms with Crippen LogP contribution in [0.25, 0.3) is 9.88 Å². The highest BCUT2D eigenvalue weighted by atomic mass is 32.1. The third-order valence-electron chi connectivity index (χ3n) is 2.70. The monoisotopic (exact) mass is 267 g/mol. The van der Waals surface area contributed by atoms with Crippen molar-refractivity contribution in [1.29, 1.82) is 0 Å². The van der Waals surface area contributed by atoms with E-state index in [1.165, 1.54) is 15.3 Å². The maximum Gasteiger partial charge on any atom is 0.157 e. The summed E-state index contributed by atoms with van der Waals surface area (Å²) in [7, 11) is 0. The number of thiophene rings is 1. The maximum absolute atomic E-state index is 4.28. The van der Waals surface area contributed by atoms with Gasteiger partial charge in [0.2, 0.25) is 0 Å². The van der Waals surface area contributed by atoms with E-state index in [-0.39, 0.29) is 6.04 Å². The first-order chi connectivity index (χ1) is 8.11. The lowest BCUT2D eigenvalue weighted by Gasteiger charge is -2.06. The zero-order chi connectivity index (χ0) is 12.4. The van der Waals surface area contributed by atoms with Crippen LogP contribution >= 0.6 is 22.7 Å². The van der Waals surface area contributed by atoms with Crippen molar-refractivity contribution in [2.45, 2.75) is 33.7 Å². The molecule has 0 radical (unpaired) electrons. The van der Waals surface area contributed by atoms with Crippen molar-refractivity contribution in [3.8, 4) is 9.88 Å². The fourth-order valence-electron chi connectivity index (χ4n) is 1.58. The average molecular weight is 267 g/mol. The van der Waals surface area contributed by atoms with Crippen molar-refractivity contribution >= 4 is 22.7 Å². The molecule has 0 fully saturated rings. The van der Waals surface area contributed by atoms with Crippen LogP contribution in [0, 0.1) is 13.8 Å². The summed E-state index contributed by atoms with van der Waals surface area (Å²) >= 11 is 3.48. The van der Waals surface area contributed by atoms with Crippen LogP contribution in [0.1, 0.15) is 35.3 Å². The molecule has 1 atom stereocenters. The smallest absolute Gasteiger partial charge is 0.157 e. The van der Waals surface area contributed by atoms with Crippen LogP contribution < -0.4 is 5.32 Å². The van der Waals surface area contributed by atoms with E-state index in [4.69, 9.17) is 0 Å². The molecule has 0 saturated carbocycles. The Kier molecular flexibility index (Phi) is 3.91. The molecule has 17 heavy (non-hydrogen) atoms. The summed E-state index contributed by atoms with van der Waals surface area (Å²) in [6.07, 6.45) is 0. The average Bonchev–Trinajstić information content (AvgIpc) is 2.87. The van der Waals surface area contributed by atoms with Crippen LogP contribution in [-0.2, 0) is 0 Å². The molecule has 0 aliphatic carbocycles. The number of nitrogens with one attached hydrogen (secondary N) is 1. The number of rotatable bonds is 4. The van der Waals surface area contributed by atoms with Crippen molar-refractivity contribution in [2.24, 2.45) is 0 Å². The van der Waals surface area contributed by atoms with Gasteiger partial charge in [0.15, 0.2) is 5.01 Å². The Hall–Kier alpha value is -0.780. The summed E-state index contributed by atoms with van der Waals surface area (Å²) in [5, 5.41) is 14.0. The van der Waals surface area contributed by atoms with Gasteiger partial charge in [-0.1, -0.05) is 18.3 Å². The number of nitrogens with zero attached hydrogens (tertiary/aromatic N) is 2. The number of hydrogen-bond donors (Lipinski definition) is 1. The van der Waals surface area contributed by atoms with Crippen molar-refractivity contribution in [3.05, 3.63) is 21.5 Å². The zero-order valence-electron chi connectivity index (χ0n) is 10.6. The van der Waals surface area contributed by atoms with Crippen molar-refractivity contribution in [3.63, 3.8) is 0 Å². The van der Waals surface area contributed by atoms with Gasteiger partial charge in [0.1, 0.15) is 5.01 Å². The molecule has 5 heteroatoms. The van der Waals surface area contributed by atoms with E-state index in [9.17, 15) is 0 Å². The van der Waals surface area contributed by atoms with Gasteiger partial charge < -0.3 is 5.32 Å². The molecule has 3 nitrogen and oxygen atoms in total. The molecule has 92 valence electrons. The van der Waals surface area contributed by atoms with Gasteiger partial charge in [-0.15, -0.1) is 21.5 Å². The van der Waals surface area contributed by atoms with E-state index in [2.05, 4.69) is 49.3 Å². The second-order valence-corrected chi connectivity index (χ2v) is 6.34. The van der Waals surface area contributed by atoms with E-state index in [1.807, 2.05) is 0 Å².